The fourth-order valence-electron chi connectivity index (χ4n) is 3.18. The zero-order valence-corrected chi connectivity index (χ0v) is 17.5. The third kappa shape index (κ3) is 7.72. The van der Waals surface area contributed by atoms with Crippen LogP contribution in [0.1, 0.15) is 94.5 Å². The van der Waals surface area contributed by atoms with E-state index >= 15 is 0 Å². The second kappa shape index (κ2) is 12.2. The predicted molar refractivity (Wildman–Crippen MR) is 111 cm³/mol. The highest BCUT2D eigenvalue weighted by Gasteiger charge is 2.37. The molecule has 1 aromatic rings. The Labute approximate surface area is 169 Å². The molecule has 0 fully saturated rings. The van der Waals surface area contributed by atoms with E-state index in [4.69, 9.17) is 5.26 Å². The van der Waals surface area contributed by atoms with Crippen LogP contribution in [-0.4, -0.2) is 23.0 Å². The topological polar surface area (TPSA) is 90.2 Å². The summed E-state index contributed by atoms with van der Waals surface area (Å²) in [6.45, 7) is 5.52. The van der Waals surface area contributed by atoms with Gasteiger partial charge in [0, 0.05) is 11.6 Å². The maximum Gasteiger partial charge on any atom is 0.311 e. The molecule has 0 saturated carbocycles. The van der Waals surface area contributed by atoms with Crippen molar-refractivity contribution >= 4 is 11.9 Å². The van der Waals surface area contributed by atoms with E-state index in [1.807, 2.05) is 6.07 Å². The Morgan fingerprint density at radius 2 is 1.57 bits per heavy atom. The number of carboxylic acids is 1. The molecule has 0 heterocycles. The number of hydrogen-bond donors (Lipinski definition) is 2. The van der Waals surface area contributed by atoms with Gasteiger partial charge >= 0.3 is 5.97 Å². The second-order valence-corrected chi connectivity index (χ2v) is 8.01. The smallest absolute Gasteiger partial charge is 0.311 e. The van der Waals surface area contributed by atoms with Crippen LogP contribution < -0.4 is 5.32 Å². The number of carboxylic acid groups (broad SMARTS) is 1. The van der Waals surface area contributed by atoms with Crippen LogP contribution in [0.15, 0.2) is 24.3 Å². The Morgan fingerprint density at radius 3 is 2.07 bits per heavy atom. The molecule has 0 aromatic heterocycles. The molecule has 2 N–H and O–H groups in total. The van der Waals surface area contributed by atoms with E-state index in [-0.39, 0.29) is 5.91 Å². The molecule has 0 aliphatic rings. The average molecular weight is 387 g/mol. The summed E-state index contributed by atoms with van der Waals surface area (Å²) in [7, 11) is 0. The Kier molecular flexibility index (Phi) is 10.3. The Morgan fingerprint density at radius 1 is 1.04 bits per heavy atom. The predicted octanol–water partition coefficient (Wildman–Crippen LogP) is 5.30. The van der Waals surface area contributed by atoms with Crippen molar-refractivity contribution in [2.75, 3.05) is 0 Å². The van der Waals surface area contributed by atoms with Gasteiger partial charge in [-0.15, -0.1) is 0 Å². The minimum absolute atomic E-state index is 0.302. The molecule has 1 atom stereocenters. The molecule has 5 heteroatoms. The lowest BCUT2D eigenvalue weighted by Gasteiger charge is -2.31. The fraction of sp³-hybridized carbons (Fsp3) is 0.609. The van der Waals surface area contributed by atoms with Crippen molar-refractivity contribution in [3.05, 3.63) is 35.4 Å². The third-order valence-electron chi connectivity index (χ3n) is 5.35. The number of carbonyl (C=O) groups is 2. The second-order valence-electron chi connectivity index (χ2n) is 8.01. The molecule has 1 amide bonds. The van der Waals surface area contributed by atoms with Crippen molar-refractivity contribution < 1.29 is 14.7 Å². The van der Waals surface area contributed by atoms with Crippen LogP contribution in [0, 0.1) is 16.7 Å². The van der Waals surface area contributed by atoms with Crippen LogP contribution >= 0.6 is 0 Å². The lowest BCUT2D eigenvalue weighted by Crippen LogP contribution is -2.49. The first-order valence-electron chi connectivity index (χ1n) is 10.4. The lowest BCUT2D eigenvalue weighted by atomic mass is 9.81. The number of aliphatic carboxylic acids is 1. The average Bonchev–Trinajstić information content (AvgIpc) is 2.68. The van der Waals surface area contributed by atoms with E-state index < -0.39 is 17.4 Å². The molecule has 0 aliphatic carbocycles. The number of nitrogens with zero attached hydrogens (tertiary/aromatic N) is 1. The molecule has 5 nitrogen and oxygen atoms in total. The van der Waals surface area contributed by atoms with E-state index in [1.165, 1.54) is 32.1 Å². The number of hydrogen-bond acceptors (Lipinski definition) is 3. The number of benzene rings is 1. The van der Waals surface area contributed by atoms with Crippen LogP contribution in [0.3, 0.4) is 0 Å². The largest absolute Gasteiger partial charge is 0.481 e. The summed E-state index contributed by atoms with van der Waals surface area (Å²) in [6, 6.07) is 7.93. The highest BCUT2D eigenvalue weighted by Crippen LogP contribution is 2.26. The number of unbranched alkanes of at least 4 members (excludes halogenated alkanes) is 7. The third-order valence-corrected chi connectivity index (χ3v) is 5.35. The molecular weight excluding hydrogens is 352 g/mol. The molecule has 0 radical (unpaired) electrons. The van der Waals surface area contributed by atoms with Crippen molar-refractivity contribution in [1.82, 2.24) is 5.32 Å². The molecule has 154 valence electrons. The van der Waals surface area contributed by atoms with E-state index in [0.29, 0.717) is 17.5 Å². The number of rotatable bonds is 13. The van der Waals surface area contributed by atoms with E-state index in [1.54, 1.807) is 38.1 Å². The minimum atomic E-state index is -1.05. The highest BCUT2D eigenvalue weighted by molar-refractivity contribution is 5.95. The van der Waals surface area contributed by atoms with E-state index in [9.17, 15) is 14.7 Å². The number of carbonyl (C=O) groups excluding carboxylic acids is 1. The molecule has 1 rings (SSSR count). The molecule has 1 aromatic carbocycles. The van der Waals surface area contributed by atoms with Crippen molar-refractivity contribution in [3.8, 4) is 6.07 Å². The van der Waals surface area contributed by atoms with Gasteiger partial charge in [0.05, 0.1) is 17.0 Å². The van der Waals surface area contributed by atoms with Gasteiger partial charge in [-0.25, -0.2) is 0 Å². The first kappa shape index (κ1) is 23.7. The van der Waals surface area contributed by atoms with Crippen LogP contribution in [0.5, 0.6) is 0 Å². The summed E-state index contributed by atoms with van der Waals surface area (Å²) in [4.78, 5) is 24.3. The van der Waals surface area contributed by atoms with Crippen LogP contribution in [0.4, 0.5) is 0 Å². The van der Waals surface area contributed by atoms with Gasteiger partial charge in [-0.05, 0) is 44.5 Å². The zero-order chi connectivity index (χ0) is 21.0. The van der Waals surface area contributed by atoms with Gasteiger partial charge in [0.1, 0.15) is 0 Å². The SMILES string of the molecule is CCCCCCCCCCC(NC(=O)c1ccc(C#N)cc1)C(C)(C)C(=O)O. The molecule has 0 aliphatic heterocycles. The van der Waals surface area contributed by atoms with Crippen LogP contribution in [-0.2, 0) is 4.79 Å². The quantitative estimate of drug-likeness (QED) is 0.450. The minimum Gasteiger partial charge on any atom is -0.481 e. The number of nitriles is 1. The number of amides is 1. The van der Waals surface area contributed by atoms with Gasteiger partial charge < -0.3 is 10.4 Å². The van der Waals surface area contributed by atoms with Crippen molar-refractivity contribution in [3.63, 3.8) is 0 Å². The van der Waals surface area contributed by atoms with Crippen molar-refractivity contribution in [2.24, 2.45) is 5.41 Å². The van der Waals surface area contributed by atoms with Crippen LogP contribution in [0.25, 0.3) is 0 Å². The lowest BCUT2D eigenvalue weighted by molar-refractivity contribution is -0.148. The van der Waals surface area contributed by atoms with E-state index in [0.717, 1.165) is 19.3 Å². The van der Waals surface area contributed by atoms with E-state index in [2.05, 4.69) is 12.2 Å². The zero-order valence-electron chi connectivity index (χ0n) is 17.5. The van der Waals surface area contributed by atoms with Gasteiger partial charge in [0.25, 0.3) is 5.91 Å². The molecule has 1 unspecified atom stereocenters. The summed E-state index contributed by atoms with van der Waals surface area (Å²) < 4.78 is 0. The normalized spacial score (nSPS) is 12.2. The fourth-order valence-corrected chi connectivity index (χ4v) is 3.18. The molecule has 0 saturated heterocycles. The standard InChI is InChI=1S/C23H34N2O3/c1-4-5-6-7-8-9-10-11-12-20(23(2,3)22(27)28)25-21(26)19-15-13-18(17-24)14-16-19/h13-16,20H,4-12H2,1-3H3,(H,25,26)(H,27,28). The molecule has 0 bridgehead atoms. The Hall–Kier alpha value is -2.35. The van der Waals surface area contributed by atoms with Gasteiger partial charge in [-0.1, -0.05) is 58.3 Å². The first-order valence-corrected chi connectivity index (χ1v) is 10.4. The van der Waals surface area contributed by atoms with Crippen molar-refractivity contribution in [1.29, 1.82) is 5.26 Å². The van der Waals surface area contributed by atoms with Crippen molar-refractivity contribution in [2.45, 2.75) is 84.6 Å². The molecule has 0 spiro atoms. The maximum atomic E-state index is 12.6. The monoisotopic (exact) mass is 386 g/mol. The van der Waals surface area contributed by atoms with Gasteiger partial charge in [-0.3, -0.25) is 9.59 Å². The first-order chi connectivity index (χ1) is 13.3. The Balaban J connectivity index is 2.61. The molecular formula is C23H34N2O3. The summed E-state index contributed by atoms with van der Waals surface area (Å²) >= 11 is 0. The van der Waals surface area contributed by atoms with Gasteiger partial charge in [0.2, 0.25) is 0 Å². The van der Waals surface area contributed by atoms with Gasteiger partial charge in [-0.2, -0.15) is 5.26 Å². The summed E-state index contributed by atoms with van der Waals surface area (Å²) in [6.07, 6.45) is 10.0. The summed E-state index contributed by atoms with van der Waals surface area (Å²) in [5.41, 5.74) is -0.136. The maximum absolute atomic E-state index is 12.6. The summed E-state index contributed by atoms with van der Waals surface area (Å²) in [5.74, 6) is -1.22. The number of nitrogens with one attached hydrogen (secondary N) is 1. The summed E-state index contributed by atoms with van der Waals surface area (Å²) in [5, 5.41) is 21.4. The Bertz CT molecular complexity index is 659. The van der Waals surface area contributed by atoms with Gasteiger partial charge in [0.15, 0.2) is 0 Å². The molecule has 28 heavy (non-hydrogen) atoms. The highest BCUT2D eigenvalue weighted by atomic mass is 16.4. The van der Waals surface area contributed by atoms with Crippen LogP contribution in [0.2, 0.25) is 0 Å².